The van der Waals surface area contributed by atoms with E-state index in [2.05, 4.69) is 0 Å². The van der Waals surface area contributed by atoms with Crippen LogP contribution in [0.5, 0.6) is 0 Å². The fraction of sp³-hybridized carbons (Fsp3) is 0.133. The molecule has 0 N–H and O–H groups in total. The number of anilines is 2. The van der Waals surface area contributed by atoms with Crippen LogP contribution in [0.3, 0.4) is 0 Å². The minimum atomic E-state index is -4.51. The largest absolute Gasteiger partial charge is 0.416 e. The number of nitrogens with zero attached hydrogens (tertiary/aromatic N) is 2. The molecule has 21 heavy (non-hydrogen) atoms. The third-order valence-corrected chi connectivity index (χ3v) is 3.00. The average Bonchev–Trinajstić information content (AvgIpc) is 2.45. The maximum absolute atomic E-state index is 13.2. The summed E-state index contributed by atoms with van der Waals surface area (Å²) in [5.41, 5.74) is -0.311. The highest BCUT2D eigenvalue weighted by Crippen LogP contribution is 2.34. The van der Waals surface area contributed by atoms with E-state index in [1.165, 1.54) is 29.2 Å². The lowest BCUT2D eigenvalue weighted by Crippen LogP contribution is -2.13. The molecule has 6 heteroatoms. The van der Waals surface area contributed by atoms with E-state index in [-0.39, 0.29) is 11.3 Å². The Morgan fingerprint density at radius 3 is 2.38 bits per heavy atom. The number of nitriles is 1. The maximum atomic E-state index is 13.2. The van der Waals surface area contributed by atoms with Gasteiger partial charge < -0.3 is 4.90 Å². The first-order valence-corrected chi connectivity index (χ1v) is 5.93. The molecule has 2 aromatic carbocycles. The smallest absolute Gasteiger partial charge is 0.343 e. The number of rotatable bonds is 2. The molecule has 0 aliphatic rings. The van der Waals surface area contributed by atoms with Crippen LogP contribution in [0, 0.1) is 17.1 Å². The average molecular weight is 294 g/mol. The Labute approximate surface area is 118 Å². The molecule has 0 saturated carbocycles. The van der Waals surface area contributed by atoms with Gasteiger partial charge in [0, 0.05) is 12.7 Å². The van der Waals surface area contributed by atoms with Crippen molar-refractivity contribution in [3.05, 3.63) is 59.4 Å². The first kappa shape index (κ1) is 14.9. The predicted octanol–water partition coefficient (Wildman–Crippen LogP) is 4.48. The molecule has 0 aromatic heterocycles. The normalized spacial score (nSPS) is 11.0. The second kappa shape index (κ2) is 5.44. The fourth-order valence-electron chi connectivity index (χ4n) is 1.92. The minimum absolute atomic E-state index is 0.128. The van der Waals surface area contributed by atoms with Gasteiger partial charge in [0.15, 0.2) is 0 Å². The Morgan fingerprint density at radius 1 is 1.10 bits per heavy atom. The first-order valence-electron chi connectivity index (χ1n) is 5.93. The number of hydrogen-bond donors (Lipinski definition) is 0. The Bertz CT molecular complexity index is 702. The molecule has 0 aliphatic heterocycles. The van der Waals surface area contributed by atoms with Crippen LogP contribution in [0.2, 0.25) is 0 Å². The summed E-state index contributed by atoms with van der Waals surface area (Å²) in [7, 11) is 1.55. The van der Waals surface area contributed by atoms with Gasteiger partial charge in [-0.25, -0.2) is 4.39 Å². The Hall–Kier alpha value is -2.55. The number of hydrogen-bond acceptors (Lipinski definition) is 2. The summed E-state index contributed by atoms with van der Waals surface area (Å²) in [5.74, 6) is -0.468. The molecule has 0 bridgehead atoms. The highest BCUT2D eigenvalue weighted by atomic mass is 19.4. The Kier molecular flexibility index (Phi) is 3.85. The van der Waals surface area contributed by atoms with Crippen LogP contribution in [0.25, 0.3) is 0 Å². The van der Waals surface area contributed by atoms with Crippen molar-refractivity contribution in [2.45, 2.75) is 6.18 Å². The van der Waals surface area contributed by atoms with Crippen LogP contribution in [0.1, 0.15) is 11.1 Å². The molecule has 0 atom stereocenters. The molecule has 108 valence electrons. The predicted molar refractivity (Wildman–Crippen MR) is 70.6 cm³/mol. The number of halogens is 4. The van der Waals surface area contributed by atoms with Crippen molar-refractivity contribution in [2.24, 2.45) is 0 Å². The van der Waals surface area contributed by atoms with E-state index in [4.69, 9.17) is 5.26 Å². The van der Waals surface area contributed by atoms with Crippen LogP contribution in [-0.2, 0) is 6.18 Å². The Balaban J connectivity index is 2.47. The molecule has 2 rings (SSSR count). The van der Waals surface area contributed by atoms with Gasteiger partial charge in [0.05, 0.1) is 16.8 Å². The van der Waals surface area contributed by atoms with Crippen molar-refractivity contribution in [1.82, 2.24) is 0 Å². The lowest BCUT2D eigenvalue weighted by molar-refractivity contribution is -0.137. The summed E-state index contributed by atoms with van der Waals surface area (Å²) >= 11 is 0. The zero-order chi connectivity index (χ0) is 15.6. The van der Waals surface area contributed by atoms with Gasteiger partial charge in [-0.05, 0) is 36.4 Å². The monoisotopic (exact) mass is 294 g/mol. The van der Waals surface area contributed by atoms with Gasteiger partial charge in [-0.2, -0.15) is 18.4 Å². The highest BCUT2D eigenvalue weighted by molar-refractivity contribution is 5.69. The summed E-state index contributed by atoms with van der Waals surface area (Å²) in [6, 6.07) is 10.2. The minimum Gasteiger partial charge on any atom is -0.343 e. The number of benzene rings is 2. The maximum Gasteiger partial charge on any atom is 0.416 e. The van der Waals surface area contributed by atoms with Gasteiger partial charge in [0.2, 0.25) is 0 Å². The summed E-state index contributed by atoms with van der Waals surface area (Å²) in [5, 5.41) is 9.04. The Morgan fingerprint density at radius 2 is 1.81 bits per heavy atom. The SMILES string of the molecule is CN(c1cccc(F)c1)c1ccc(C(F)(F)F)cc1C#N. The standard InChI is InChI=1S/C15H10F4N2/c1-21(13-4-2-3-12(16)8-13)14-6-5-11(15(17,18)19)7-10(14)9-20/h2-8H,1H3. The quantitative estimate of drug-likeness (QED) is 0.763. The molecule has 0 heterocycles. The van der Waals surface area contributed by atoms with Gasteiger partial charge in [0.25, 0.3) is 0 Å². The third-order valence-electron chi connectivity index (χ3n) is 3.00. The van der Waals surface area contributed by atoms with Crippen molar-refractivity contribution < 1.29 is 17.6 Å². The second-order valence-electron chi connectivity index (χ2n) is 4.38. The summed E-state index contributed by atoms with van der Waals surface area (Å²) in [6.07, 6.45) is -4.51. The first-order chi connectivity index (χ1) is 9.82. The molecular formula is C15H10F4N2. The van der Waals surface area contributed by atoms with Gasteiger partial charge in [-0.3, -0.25) is 0 Å². The van der Waals surface area contributed by atoms with Crippen LogP contribution >= 0.6 is 0 Å². The topological polar surface area (TPSA) is 27.0 Å². The molecule has 2 aromatic rings. The lowest BCUT2D eigenvalue weighted by atomic mass is 10.1. The summed E-state index contributed by atoms with van der Waals surface area (Å²) < 4.78 is 51.1. The van der Waals surface area contributed by atoms with Crippen LogP contribution in [0.4, 0.5) is 28.9 Å². The molecular weight excluding hydrogens is 284 g/mol. The van der Waals surface area contributed by atoms with E-state index in [0.29, 0.717) is 5.69 Å². The van der Waals surface area contributed by atoms with Crippen molar-refractivity contribution in [2.75, 3.05) is 11.9 Å². The third kappa shape index (κ3) is 3.14. The lowest BCUT2D eigenvalue weighted by Gasteiger charge is -2.21. The van der Waals surface area contributed by atoms with E-state index in [9.17, 15) is 17.6 Å². The van der Waals surface area contributed by atoms with Crippen molar-refractivity contribution in [3.8, 4) is 6.07 Å². The zero-order valence-electron chi connectivity index (χ0n) is 10.9. The van der Waals surface area contributed by atoms with Gasteiger partial charge in [0.1, 0.15) is 11.9 Å². The molecule has 0 amide bonds. The van der Waals surface area contributed by atoms with Gasteiger partial charge in [-0.1, -0.05) is 6.07 Å². The fourth-order valence-corrected chi connectivity index (χ4v) is 1.92. The van der Waals surface area contributed by atoms with Crippen LogP contribution in [0.15, 0.2) is 42.5 Å². The number of alkyl halides is 3. The molecule has 0 fully saturated rings. The zero-order valence-corrected chi connectivity index (χ0v) is 10.9. The van der Waals surface area contributed by atoms with Gasteiger partial charge >= 0.3 is 6.18 Å². The van der Waals surface area contributed by atoms with Crippen LogP contribution < -0.4 is 4.90 Å². The highest BCUT2D eigenvalue weighted by Gasteiger charge is 2.31. The van der Waals surface area contributed by atoms with Crippen molar-refractivity contribution in [3.63, 3.8) is 0 Å². The van der Waals surface area contributed by atoms with Crippen molar-refractivity contribution in [1.29, 1.82) is 5.26 Å². The molecule has 0 aliphatic carbocycles. The van der Waals surface area contributed by atoms with Gasteiger partial charge in [-0.15, -0.1) is 0 Å². The molecule has 0 unspecified atom stereocenters. The van der Waals surface area contributed by atoms with E-state index in [1.807, 2.05) is 0 Å². The van der Waals surface area contributed by atoms with E-state index in [1.54, 1.807) is 19.2 Å². The van der Waals surface area contributed by atoms with E-state index in [0.717, 1.165) is 12.1 Å². The van der Waals surface area contributed by atoms with Crippen LogP contribution in [-0.4, -0.2) is 7.05 Å². The molecule has 0 saturated heterocycles. The molecule has 0 radical (unpaired) electrons. The van der Waals surface area contributed by atoms with E-state index < -0.39 is 17.6 Å². The van der Waals surface area contributed by atoms with E-state index >= 15 is 0 Å². The molecule has 0 spiro atoms. The summed E-state index contributed by atoms with van der Waals surface area (Å²) in [4.78, 5) is 1.46. The molecule has 2 nitrogen and oxygen atoms in total. The van der Waals surface area contributed by atoms with Crippen molar-refractivity contribution >= 4 is 11.4 Å². The summed E-state index contributed by atoms with van der Waals surface area (Å²) in [6.45, 7) is 0. The second-order valence-corrected chi connectivity index (χ2v) is 4.38.